The predicted molar refractivity (Wildman–Crippen MR) is 77.7 cm³/mol. The fourth-order valence-electron chi connectivity index (χ4n) is 3.33. The molecular weight excluding hydrogens is 252 g/mol. The molecule has 1 amide bonds. The van der Waals surface area contributed by atoms with Gasteiger partial charge >= 0.3 is 0 Å². The Labute approximate surface area is 120 Å². The number of hydrogen-bond donors (Lipinski definition) is 1. The average molecular weight is 274 g/mol. The number of benzene rings is 1. The first-order valence-electron chi connectivity index (χ1n) is 7.37. The highest BCUT2D eigenvalue weighted by molar-refractivity contribution is 5.79. The van der Waals surface area contributed by atoms with Crippen molar-refractivity contribution in [1.29, 1.82) is 0 Å². The van der Waals surface area contributed by atoms with E-state index in [9.17, 15) is 4.79 Å². The quantitative estimate of drug-likeness (QED) is 0.903. The van der Waals surface area contributed by atoms with Crippen LogP contribution in [-0.4, -0.2) is 44.1 Å². The molecule has 0 saturated carbocycles. The second kappa shape index (κ2) is 5.83. The van der Waals surface area contributed by atoms with Crippen LogP contribution < -0.4 is 10.1 Å². The Hall–Kier alpha value is -1.55. The Morgan fingerprint density at radius 2 is 2.25 bits per heavy atom. The number of rotatable bonds is 3. The number of amides is 1. The molecule has 0 aliphatic carbocycles. The lowest BCUT2D eigenvalue weighted by Crippen LogP contribution is -2.44. The lowest BCUT2D eigenvalue weighted by Gasteiger charge is -2.34. The molecule has 2 atom stereocenters. The average Bonchev–Trinajstić information content (AvgIpc) is 2.94. The maximum atomic E-state index is 12.4. The van der Waals surface area contributed by atoms with E-state index in [1.807, 2.05) is 29.2 Å². The summed E-state index contributed by atoms with van der Waals surface area (Å²) in [5, 5.41) is 3.43. The third kappa shape index (κ3) is 2.80. The van der Waals surface area contributed by atoms with E-state index in [1.54, 1.807) is 7.11 Å². The number of carbonyl (C=O) groups is 1. The minimum absolute atomic E-state index is 0.239. The number of methoxy groups -OCH3 is 1. The zero-order chi connectivity index (χ0) is 13.9. The first kappa shape index (κ1) is 13.4. The van der Waals surface area contributed by atoms with Gasteiger partial charge in [0.1, 0.15) is 5.75 Å². The molecule has 4 heteroatoms. The van der Waals surface area contributed by atoms with Crippen molar-refractivity contribution in [1.82, 2.24) is 10.2 Å². The first-order chi connectivity index (χ1) is 9.76. The summed E-state index contributed by atoms with van der Waals surface area (Å²) in [5.41, 5.74) is 1.03. The summed E-state index contributed by atoms with van der Waals surface area (Å²) >= 11 is 0. The second-order valence-electron chi connectivity index (χ2n) is 5.84. The summed E-state index contributed by atoms with van der Waals surface area (Å²) < 4.78 is 5.21. The van der Waals surface area contributed by atoms with Crippen molar-refractivity contribution in [3.63, 3.8) is 0 Å². The van der Waals surface area contributed by atoms with Crippen LogP contribution in [0.4, 0.5) is 0 Å². The summed E-state index contributed by atoms with van der Waals surface area (Å²) in [7, 11) is 1.65. The van der Waals surface area contributed by atoms with E-state index >= 15 is 0 Å². The van der Waals surface area contributed by atoms with E-state index in [2.05, 4.69) is 5.32 Å². The molecule has 2 heterocycles. The van der Waals surface area contributed by atoms with Crippen molar-refractivity contribution < 1.29 is 9.53 Å². The zero-order valence-electron chi connectivity index (χ0n) is 12.0. The van der Waals surface area contributed by atoms with E-state index in [0.717, 1.165) is 49.8 Å². The highest BCUT2D eigenvalue weighted by atomic mass is 16.5. The van der Waals surface area contributed by atoms with Crippen molar-refractivity contribution >= 4 is 5.91 Å². The molecule has 2 saturated heterocycles. The van der Waals surface area contributed by atoms with E-state index < -0.39 is 0 Å². The Balaban J connectivity index is 1.61. The van der Waals surface area contributed by atoms with Crippen LogP contribution in [0.2, 0.25) is 0 Å². The van der Waals surface area contributed by atoms with Crippen molar-refractivity contribution in [3.8, 4) is 5.75 Å². The number of hydrogen-bond acceptors (Lipinski definition) is 3. The fourth-order valence-corrected chi connectivity index (χ4v) is 3.33. The van der Waals surface area contributed by atoms with Gasteiger partial charge in [0.25, 0.3) is 0 Å². The molecule has 4 nitrogen and oxygen atoms in total. The second-order valence-corrected chi connectivity index (χ2v) is 5.84. The summed E-state index contributed by atoms with van der Waals surface area (Å²) in [6.45, 7) is 4.02. The zero-order valence-corrected chi connectivity index (χ0v) is 12.0. The van der Waals surface area contributed by atoms with Gasteiger partial charge in [-0.15, -0.1) is 0 Å². The maximum Gasteiger partial charge on any atom is 0.227 e. The Bertz CT molecular complexity index is 489. The van der Waals surface area contributed by atoms with Gasteiger partial charge in [0.15, 0.2) is 0 Å². The van der Waals surface area contributed by atoms with Gasteiger partial charge in [0, 0.05) is 13.1 Å². The van der Waals surface area contributed by atoms with Gasteiger partial charge in [-0.1, -0.05) is 12.1 Å². The third-order valence-corrected chi connectivity index (χ3v) is 4.55. The minimum atomic E-state index is 0.239. The Morgan fingerprint density at radius 3 is 3.10 bits per heavy atom. The number of ether oxygens (including phenoxy) is 1. The lowest BCUT2D eigenvalue weighted by molar-refractivity contribution is -0.132. The molecule has 1 aromatic rings. The molecule has 2 aliphatic rings. The maximum absolute atomic E-state index is 12.4. The summed E-state index contributed by atoms with van der Waals surface area (Å²) in [6.07, 6.45) is 1.61. The van der Waals surface area contributed by atoms with Crippen LogP contribution in [0.1, 0.15) is 12.0 Å². The molecule has 0 spiro atoms. The number of piperidine rings is 1. The molecule has 2 fully saturated rings. The lowest BCUT2D eigenvalue weighted by atomic mass is 9.88. The van der Waals surface area contributed by atoms with Gasteiger partial charge < -0.3 is 15.0 Å². The largest absolute Gasteiger partial charge is 0.497 e. The molecule has 1 aromatic carbocycles. The summed E-state index contributed by atoms with van der Waals surface area (Å²) in [5.74, 6) is 2.48. The topological polar surface area (TPSA) is 41.6 Å². The molecule has 0 bridgehead atoms. The molecule has 2 aliphatic heterocycles. The van der Waals surface area contributed by atoms with Crippen LogP contribution in [-0.2, 0) is 11.2 Å². The van der Waals surface area contributed by atoms with Crippen LogP contribution in [0, 0.1) is 11.8 Å². The number of nitrogens with zero attached hydrogens (tertiary/aromatic N) is 1. The molecule has 108 valence electrons. The highest BCUT2D eigenvalue weighted by Crippen LogP contribution is 2.27. The van der Waals surface area contributed by atoms with Crippen molar-refractivity contribution in [3.05, 3.63) is 29.8 Å². The van der Waals surface area contributed by atoms with Gasteiger partial charge in [-0.25, -0.2) is 0 Å². The first-order valence-corrected chi connectivity index (χ1v) is 7.37. The fraction of sp³-hybridized carbons (Fsp3) is 0.562. The van der Waals surface area contributed by atoms with Crippen molar-refractivity contribution in [2.75, 3.05) is 33.3 Å². The number of fused-ring (bicyclic) bond motifs is 1. The van der Waals surface area contributed by atoms with Crippen LogP contribution >= 0.6 is 0 Å². The number of likely N-dealkylation sites (tertiary alicyclic amines) is 1. The normalized spacial score (nSPS) is 25.4. The minimum Gasteiger partial charge on any atom is -0.497 e. The molecule has 1 N–H and O–H groups in total. The van der Waals surface area contributed by atoms with Crippen LogP contribution in [0.3, 0.4) is 0 Å². The summed E-state index contributed by atoms with van der Waals surface area (Å²) in [6, 6.07) is 7.78. The smallest absolute Gasteiger partial charge is 0.227 e. The van der Waals surface area contributed by atoms with Gasteiger partial charge in [0.2, 0.25) is 5.91 Å². The van der Waals surface area contributed by atoms with Crippen molar-refractivity contribution in [2.45, 2.75) is 12.8 Å². The molecule has 20 heavy (non-hydrogen) atoms. The van der Waals surface area contributed by atoms with E-state index in [0.29, 0.717) is 12.3 Å². The van der Waals surface area contributed by atoms with Gasteiger partial charge in [-0.2, -0.15) is 0 Å². The Kier molecular flexibility index (Phi) is 3.92. The monoisotopic (exact) mass is 274 g/mol. The highest BCUT2D eigenvalue weighted by Gasteiger charge is 2.34. The van der Waals surface area contributed by atoms with E-state index in [1.165, 1.54) is 0 Å². The van der Waals surface area contributed by atoms with Crippen LogP contribution in [0.15, 0.2) is 24.3 Å². The predicted octanol–water partition coefficient (Wildman–Crippen LogP) is 1.31. The SMILES string of the molecule is COc1cccc(CC(=O)N2CC[C@H]3CNC[C@@H]3C2)c1. The van der Waals surface area contributed by atoms with E-state index in [4.69, 9.17) is 4.74 Å². The molecule has 0 radical (unpaired) electrons. The molecule has 3 rings (SSSR count). The Morgan fingerprint density at radius 1 is 1.40 bits per heavy atom. The molecular formula is C16H22N2O2. The molecule has 0 aromatic heterocycles. The van der Waals surface area contributed by atoms with E-state index in [-0.39, 0.29) is 5.91 Å². The van der Waals surface area contributed by atoms with Crippen LogP contribution in [0.5, 0.6) is 5.75 Å². The number of nitrogens with one attached hydrogen (secondary N) is 1. The summed E-state index contributed by atoms with van der Waals surface area (Å²) in [4.78, 5) is 14.5. The van der Waals surface area contributed by atoms with Gasteiger partial charge in [0.05, 0.1) is 13.5 Å². The van der Waals surface area contributed by atoms with Gasteiger partial charge in [-0.3, -0.25) is 4.79 Å². The third-order valence-electron chi connectivity index (χ3n) is 4.55. The van der Waals surface area contributed by atoms with Crippen molar-refractivity contribution in [2.24, 2.45) is 11.8 Å². The standard InChI is InChI=1S/C16H22N2O2/c1-20-15-4-2-3-12(7-15)8-16(19)18-6-5-13-9-17-10-14(13)11-18/h2-4,7,13-14,17H,5-6,8-11H2,1H3/t13-,14+/m0/s1. The number of carbonyl (C=O) groups excluding carboxylic acids is 1. The van der Waals surface area contributed by atoms with Crippen LogP contribution in [0.25, 0.3) is 0 Å². The van der Waals surface area contributed by atoms with Gasteiger partial charge in [-0.05, 0) is 49.0 Å². The molecule has 0 unspecified atom stereocenters.